The fraction of sp³-hybridized carbons (Fsp3) is 0.400. The van der Waals surface area contributed by atoms with Crippen LogP contribution in [0.25, 0.3) is 16.9 Å². The highest BCUT2D eigenvalue weighted by molar-refractivity contribution is 7.89. The van der Waals surface area contributed by atoms with E-state index in [1.165, 1.54) is 22.7 Å². The number of nitrogens with two attached hydrogens (primary N) is 1. The van der Waals surface area contributed by atoms with Crippen molar-refractivity contribution < 1.29 is 26.7 Å². The lowest BCUT2D eigenvalue weighted by molar-refractivity contribution is -0.141. The number of hydrogen-bond donors (Lipinski definition) is 3. The number of imidazole rings is 1. The van der Waals surface area contributed by atoms with Gasteiger partial charge >= 0.3 is 6.18 Å². The molecule has 0 atom stereocenters. The second-order valence-corrected chi connectivity index (χ2v) is 9.66. The lowest BCUT2D eigenvalue weighted by Gasteiger charge is -2.26. The van der Waals surface area contributed by atoms with E-state index in [9.17, 15) is 26.7 Å². The van der Waals surface area contributed by atoms with Gasteiger partial charge in [-0.15, -0.1) is 0 Å². The summed E-state index contributed by atoms with van der Waals surface area (Å²) in [5.41, 5.74) is 5.85. The van der Waals surface area contributed by atoms with Crippen LogP contribution in [0.15, 0.2) is 35.5 Å². The van der Waals surface area contributed by atoms with Crippen molar-refractivity contribution in [3.63, 3.8) is 0 Å². The Morgan fingerprint density at radius 2 is 1.91 bits per heavy atom. The van der Waals surface area contributed by atoms with Gasteiger partial charge in [0.05, 0.1) is 22.9 Å². The quantitative estimate of drug-likeness (QED) is 0.540. The summed E-state index contributed by atoms with van der Waals surface area (Å²) < 4.78 is 69.4. The first kappa shape index (κ1) is 22.5. The molecule has 0 bridgehead atoms. The molecule has 172 valence electrons. The molecule has 0 radical (unpaired) electrons. The molecule has 0 unspecified atom stereocenters. The highest BCUT2D eigenvalue weighted by atomic mass is 32.2. The Morgan fingerprint density at radius 3 is 2.56 bits per heavy atom. The van der Waals surface area contributed by atoms with Crippen LogP contribution in [-0.2, 0) is 16.2 Å². The van der Waals surface area contributed by atoms with Crippen LogP contribution in [0.2, 0.25) is 0 Å². The molecule has 1 fully saturated rings. The zero-order valence-corrected chi connectivity index (χ0v) is 17.9. The lowest BCUT2D eigenvalue weighted by atomic mass is 9.94. The van der Waals surface area contributed by atoms with Gasteiger partial charge in [0.15, 0.2) is 17.2 Å². The molecule has 0 amide bonds. The minimum atomic E-state index is -4.71. The predicted molar refractivity (Wildman–Crippen MR) is 111 cm³/mol. The second kappa shape index (κ2) is 8.01. The Hall–Kier alpha value is -2.70. The summed E-state index contributed by atoms with van der Waals surface area (Å²) in [7, 11) is -3.88. The van der Waals surface area contributed by atoms with Gasteiger partial charge < -0.3 is 10.8 Å². The number of nitrogen functional groups attached to an aromatic ring is 1. The van der Waals surface area contributed by atoms with E-state index in [1.807, 2.05) is 0 Å². The summed E-state index contributed by atoms with van der Waals surface area (Å²) in [6, 6.07) is 4.15. The van der Waals surface area contributed by atoms with Crippen LogP contribution >= 0.6 is 0 Å². The number of benzene rings is 1. The smallest absolute Gasteiger partial charge is 0.393 e. The zero-order valence-electron chi connectivity index (χ0n) is 17.1. The van der Waals surface area contributed by atoms with Crippen LogP contribution in [0.3, 0.4) is 0 Å². The van der Waals surface area contributed by atoms with E-state index in [4.69, 9.17) is 5.73 Å². The third-order valence-electron chi connectivity index (χ3n) is 5.62. The molecule has 2 heterocycles. The molecular formula is C20H22F3N5O3S. The molecule has 0 spiro atoms. The molecule has 4 N–H and O–H groups in total. The Bertz CT molecular complexity index is 1270. The first-order valence-corrected chi connectivity index (χ1v) is 11.5. The number of anilines is 1. The molecule has 1 aliphatic rings. The molecule has 32 heavy (non-hydrogen) atoms. The van der Waals surface area contributed by atoms with Gasteiger partial charge in [0, 0.05) is 17.8 Å². The van der Waals surface area contributed by atoms with Gasteiger partial charge in [0.25, 0.3) is 0 Å². The zero-order chi connectivity index (χ0) is 23.3. The van der Waals surface area contributed by atoms with E-state index in [-0.39, 0.29) is 28.1 Å². The monoisotopic (exact) mass is 469 g/mol. The Labute approximate surface area is 182 Å². The van der Waals surface area contributed by atoms with Crippen molar-refractivity contribution in [2.45, 2.75) is 55.8 Å². The number of fused-ring (bicyclic) bond motifs is 1. The van der Waals surface area contributed by atoms with Crippen molar-refractivity contribution >= 4 is 21.5 Å². The van der Waals surface area contributed by atoms with Gasteiger partial charge in [0.2, 0.25) is 10.0 Å². The number of rotatable bonds is 4. The summed E-state index contributed by atoms with van der Waals surface area (Å²) in [6.45, 7) is 1.72. The largest absolute Gasteiger partial charge is 0.434 e. The van der Waals surface area contributed by atoms with E-state index in [1.54, 1.807) is 13.0 Å². The number of aliphatic hydroxyl groups is 1. The summed E-state index contributed by atoms with van der Waals surface area (Å²) >= 11 is 0. The molecule has 12 heteroatoms. The van der Waals surface area contributed by atoms with Crippen LogP contribution in [0.1, 0.15) is 36.9 Å². The van der Waals surface area contributed by atoms with Crippen molar-refractivity contribution in [2.24, 2.45) is 0 Å². The first-order chi connectivity index (χ1) is 15.0. The fourth-order valence-electron chi connectivity index (χ4n) is 3.87. The highest BCUT2D eigenvalue weighted by Gasteiger charge is 2.34. The Kier molecular flexibility index (Phi) is 5.63. The highest BCUT2D eigenvalue weighted by Crippen LogP contribution is 2.33. The average Bonchev–Trinajstić information content (AvgIpc) is 3.13. The minimum absolute atomic E-state index is 0.0164. The number of nitrogens with one attached hydrogen (secondary N) is 1. The maximum atomic E-state index is 13.2. The second-order valence-electron chi connectivity index (χ2n) is 7.95. The van der Waals surface area contributed by atoms with Gasteiger partial charge in [-0.2, -0.15) is 13.2 Å². The summed E-state index contributed by atoms with van der Waals surface area (Å²) in [4.78, 5) is 7.43. The van der Waals surface area contributed by atoms with Gasteiger partial charge in [-0.25, -0.2) is 23.1 Å². The summed E-state index contributed by atoms with van der Waals surface area (Å²) in [5, 5.41) is 9.62. The number of alkyl halides is 3. The molecule has 3 aromatic rings. The number of aliphatic hydroxyl groups excluding tert-OH is 1. The maximum Gasteiger partial charge on any atom is 0.434 e. The molecule has 8 nitrogen and oxygen atoms in total. The molecule has 2 aromatic heterocycles. The Morgan fingerprint density at radius 1 is 1.22 bits per heavy atom. The number of nitrogens with zero attached hydrogens (tertiary/aromatic N) is 3. The van der Waals surface area contributed by atoms with Crippen molar-refractivity contribution in [3.8, 4) is 11.3 Å². The Balaban J connectivity index is 1.75. The van der Waals surface area contributed by atoms with Gasteiger partial charge in [-0.3, -0.25) is 4.40 Å². The third kappa shape index (κ3) is 4.30. The average molecular weight is 469 g/mol. The van der Waals surface area contributed by atoms with E-state index in [0.29, 0.717) is 36.8 Å². The van der Waals surface area contributed by atoms with E-state index >= 15 is 0 Å². The van der Waals surface area contributed by atoms with Gasteiger partial charge in [-0.1, -0.05) is 6.07 Å². The topological polar surface area (TPSA) is 123 Å². The molecule has 0 saturated heterocycles. The fourth-order valence-corrected chi connectivity index (χ4v) is 5.20. The van der Waals surface area contributed by atoms with E-state index in [2.05, 4.69) is 14.7 Å². The predicted octanol–water partition coefficient (Wildman–Crippen LogP) is 2.89. The molecule has 4 rings (SSSR count). The summed E-state index contributed by atoms with van der Waals surface area (Å²) in [5.74, 6) is -0.381. The van der Waals surface area contributed by atoms with Crippen molar-refractivity contribution in [3.05, 3.63) is 41.9 Å². The van der Waals surface area contributed by atoms with Crippen LogP contribution < -0.4 is 10.5 Å². The minimum Gasteiger partial charge on any atom is -0.393 e. The third-order valence-corrected chi connectivity index (χ3v) is 7.14. The van der Waals surface area contributed by atoms with E-state index < -0.39 is 28.0 Å². The normalized spacial score (nSPS) is 20.0. The number of aromatic nitrogens is 3. The van der Waals surface area contributed by atoms with Crippen molar-refractivity contribution in [2.75, 3.05) is 5.73 Å². The number of aryl methyl sites for hydroxylation is 1. The van der Waals surface area contributed by atoms with Crippen LogP contribution in [0.5, 0.6) is 0 Å². The maximum absolute atomic E-state index is 13.2. The molecule has 1 saturated carbocycles. The SMILES string of the molecule is Cc1ccc(S(=O)(=O)N[C@H]2CC[C@H](O)CC2)cc1-c1cnc2c(N)nc(C(F)(F)F)cn12. The molecule has 1 aromatic carbocycles. The number of hydrogen-bond acceptors (Lipinski definition) is 6. The van der Waals surface area contributed by atoms with Crippen LogP contribution in [0.4, 0.5) is 19.0 Å². The molecular weight excluding hydrogens is 447 g/mol. The lowest BCUT2D eigenvalue weighted by Crippen LogP contribution is -2.38. The van der Waals surface area contributed by atoms with Crippen molar-refractivity contribution in [1.29, 1.82) is 0 Å². The van der Waals surface area contributed by atoms with Crippen LogP contribution in [-0.4, -0.2) is 40.0 Å². The standard InChI is InChI=1S/C20H22F3N5O3S/c1-11-2-7-14(32(30,31)27-12-3-5-13(29)6-4-12)8-15(11)16-9-25-19-18(24)26-17(10-28(16)19)20(21,22)23/h2,7-10,12-13,27,29H,3-6H2,1H3,(H2,24,26)/t12-,13-. The number of halogens is 3. The molecule has 1 aliphatic carbocycles. The van der Waals surface area contributed by atoms with E-state index in [0.717, 1.165) is 6.20 Å². The summed E-state index contributed by atoms with van der Waals surface area (Å²) in [6.07, 6.45) is -0.904. The molecule has 0 aliphatic heterocycles. The number of sulfonamides is 1. The van der Waals surface area contributed by atoms with Crippen LogP contribution in [0, 0.1) is 6.92 Å². The van der Waals surface area contributed by atoms with Gasteiger partial charge in [0.1, 0.15) is 0 Å². The van der Waals surface area contributed by atoms with Gasteiger partial charge in [-0.05, 0) is 50.3 Å². The van der Waals surface area contributed by atoms with Crippen molar-refractivity contribution in [1.82, 2.24) is 19.1 Å². The first-order valence-electron chi connectivity index (χ1n) is 9.98.